The van der Waals surface area contributed by atoms with Gasteiger partial charge >= 0.3 is 0 Å². The predicted octanol–water partition coefficient (Wildman–Crippen LogP) is 3.30. The van der Waals surface area contributed by atoms with Crippen LogP contribution in [0.5, 0.6) is 0 Å². The Hall–Kier alpha value is -0.0400. The van der Waals surface area contributed by atoms with E-state index in [9.17, 15) is 0 Å². The molecule has 0 saturated carbocycles. The summed E-state index contributed by atoms with van der Waals surface area (Å²) in [5.74, 6) is 0. The van der Waals surface area contributed by atoms with E-state index in [4.69, 9.17) is 4.74 Å². The van der Waals surface area contributed by atoms with Gasteiger partial charge in [-0.05, 0) is 19.3 Å². The van der Waals surface area contributed by atoms with Crippen LogP contribution in [0.3, 0.4) is 0 Å². The molecule has 0 aliphatic carbocycles. The molecule has 1 unspecified atom stereocenters. The van der Waals surface area contributed by atoms with E-state index >= 15 is 0 Å². The van der Waals surface area contributed by atoms with Crippen LogP contribution < -0.4 is 0 Å². The van der Waals surface area contributed by atoms with Crippen molar-refractivity contribution in [2.75, 3.05) is 0 Å². The third-order valence-corrected chi connectivity index (χ3v) is 2.27. The highest BCUT2D eigenvalue weighted by Crippen LogP contribution is 2.20. The summed E-state index contributed by atoms with van der Waals surface area (Å²) < 4.78 is 5.41. The number of rotatable bonds is 5. The first kappa shape index (κ1) is 9.05. The fraction of sp³-hybridized carbons (Fsp3) is 0.900. The van der Waals surface area contributed by atoms with Crippen LogP contribution in [0, 0.1) is 6.61 Å². The van der Waals surface area contributed by atoms with Crippen molar-refractivity contribution >= 4 is 0 Å². The number of hydrogen-bond acceptors (Lipinski definition) is 1. The van der Waals surface area contributed by atoms with Gasteiger partial charge in [-0.2, -0.15) is 0 Å². The van der Waals surface area contributed by atoms with Crippen molar-refractivity contribution in [2.24, 2.45) is 0 Å². The quantitative estimate of drug-likeness (QED) is 0.553. The minimum atomic E-state index is 0.562. The summed E-state index contributed by atoms with van der Waals surface area (Å²) in [5, 5.41) is 0. The molecule has 11 heavy (non-hydrogen) atoms. The molecule has 1 rings (SSSR count). The van der Waals surface area contributed by atoms with Crippen molar-refractivity contribution in [2.45, 2.75) is 58.0 Å². The molecule has 0 N–H and O–H groups in total. The molecular weight excluding hydrogens is 136 g/mol. The summed E-state index contributed by atoms with van der Waals surface area (Å²) in [6, 6.07) is 0. The van der Waals surface area contributed by atoms with Crippen molar-refractivity contribution in [3.63, 3.8) is 0 Å². The van der Waals surface area contributed by atoms with Crippen molar-refractivity contribution in [1.29, 1.82) is 0 Å². The molecule has 1 radical (unpaired) electrons. The SMILES string of the molecule is CCCCCCC1CC[CH]O1. The maximum absolute atomic E-state index is 5.41. The fourth-order valence-electron chi connectivity index (χ4n) is 1.54. The molecule has 0 spiro atoms. The lowest BCUT2D eigenvalue weighted by Gasteiger charge is -2.07. The Bertz CT molecular complexity index is 84.9. The molecule has 0 aromatic carbocycles. The monoisotopic (exact) mass is 155 g/mol. The highest BCUT2D eigenvalue weighted by molar-refractivity contribution is 4.71. The molecule has 1 aliphatic heterocycles. The van der Waals surface area contributed by atoms with Crippen LogP contribution in [0.2, 0.25) is 0 Å². The van der Waals surface area contributed by atoms with Gasteiger partial charge in [0.1, 0.15) is 0 Å². The van der Waals surface area contributed by atoms with E-state index < -0.39 is 0 Å². The molecule has 1 aliphatic rings. The van der Waals surface area contributed by atoms with Crippen molar-refractivity contribution in [1.82, 2.24) is 0 Å². The minimum absolute atomic E-state index is 0.562. The highest BCUT2D eigenvalue weighted by atomic mass is 16.5. The smallest absolute Gasteiger partial charge is 0.0841 e. The van der Waals surface area contributed by atoms with E-state index in [0.717, 1.165) is 0 Å². The predicted molar refractivity (Wildman–Crippen MR) is 47.2 cm³/mol. The second-order valence-electron chi connectivity index (χ2n) is 3.35. The van der Waals surface area contributed by atoms with Crippen LogP contribution in [-0.2, 0) is 4.74 Å². The second-order valence-corrected chi connectivity index (χ2v) is 3.35. The molecule has 1 nitrogen and oxygen atoms in total. The molecule has 1 heteroatoms. The minimum Gasteiger partial charge on any atom is -0.372 e. The highest BCUT2D eigenvalue weighted by Gasteiger charge is 2.14. The summed E-state index contributed by atoms with van der Waals surface area (Å²) >= 11 is 0. The maximum atomic E-state index is 5.41. The van der Waals surface area contributed by atoms with E-state index in [1.165, 1.54) is 44.9 Å². The summed E-state index contributed by atoms with van der Waals surface area (Å²) in [4.78, 5) is 0. The third-order valence-electron chi connectivity index (χ3n) is 2.27. The Morgan fingerprint density at radius 2 is 2.27 bits per heavy atom. The van der Waals surface area contributed by atoms with Crippen LogP contribution in [0.1, 0.15) is 51.9 Å². The Morgan fingerprint density at radius 3 is 2.91 bits per heavy atom. The molecule has 65 valence electrons. The van der Waals surface area contributed by atoms with E-state index in [2.05, 4.69) is 6.92 Å². The Kier molecular flexibility index (Phi) is 4.60. The van der Waals surface area contributed by atoms with Crippen LogP contribution in [0.15, 0.2) is 0 Å². The van der Waals surface area contributed by atoms with Crippen molar-refractivity contribution < 1.29 is 4.74 Å². The lowest BCUT2D eigenvalue weighted by atomic mass is 10.1. The van der Waals surface area contributed by atoms with E-state index in [1.54, 1.807) is 0 Å². The van der Waals surface area contributed by atoms with Crippen LogP contribution in [-0.4, -0.2) is 6.10 Å². The summed E-state index contributed by atoms with van der Waals surface area (Å²) in [6.45, 7) is 4.21. The maximum Gasteiger partial charge on any atom is 0.0841 e. The summed E-state index contributed by atoms with van der Waals surface area (Å²) in [7, 11) is 0. The largest absolute Gasteiger partial charge is 0.372 e. The number of unbranched alkanes of at least 4 members (excludes halogenated alkanes) is 3. The topological polar surface area (TPSA) is 9.23 Å². The van der Waals surface area contributed by atoms with E-state index in [1.807, 2.05) is 6.61 Å². The average molecular weight is 155 g/mol. The zero-order valence-corrected chi connectivity index (χ0v) is 7.51. The number of hydrogen-bond donors (Lipinski definition) is 0. The standard InChI is InChI=1S/C10H19O/c1-2-3-4-5-7-10-8-6-9-11-10/h9-10H,2-8H2,1H3. The van der Waals surface area contributed by atoms with Gasteiger partial charge in [0.05, 0.1) is 12.7 Å². The van der Waals surface area contributed by atoms with Crippen LogP contribution in [0.25, 0.3) is 0 Å². The Morgan fingerprint density at radius 1 is 1.36 bits per heavy atom. The summed E-state index contributed by atoms with van der Waals surface area (Å²) in [5.41, 5.74) is 0. The van der Waals surface area contributed by atoms with Gasteiger partial charge < -0.3 is 4.74 Å². The van der Waals surface area contributed by atoms with Gasteiger partial charge in [-0.15, -0.1) is 0 Å². The van der Waals surface area contributed by atoms with Gasteiger partial charge in [0.25, 0.3) is 0 Å². The van der Waals surface area contributed by atoms with Gasteiger partial charge in [0, 0.05) is 0 Å². The molecule has 0 amide bonds. The Labute approximate surface area is 70.1 Å². The fourth-order valence-corrected chi connectivity index (χ4v) is 1.54. The zero-order chi connectivity index (χ0) is 7.94. The molecule has 0 aromatic rings. The average Bonchev–Trinajstić information content (AvgIpc) is 2.50. The molecular formula is C10H19O. The normalized spacial score (nSPS) is 24.3. The third kappa shape index (κ3) is 3.76. The molecule has 1 saturated heterocycles. The first-order valence-corrected chi connectivity index (χ1v) is 4.90. The molecule has 1 atom stereocenters. The van der Waals surface area contributed by atoms with Gasteiger partial charge in [0.15, 0.2) is 0 Å². The van der Waals surface area contributed by atoms with Gasteiger partial charge in [-0.25, -0.2) is 0 Å². The first-order chi connectivity index (χ1) is 5.43. The van der Waals surface area contributed by atoms with Gasteiger partial charge in [0.2, 0.25) is 0 Å². The summed E-state index contributed by atoms with van der Waals surface area (Å²) in [6.07, 6.45) is 9.71. The first-order valence-electron chi connectivity index (χ1n) is 4.90. The molecule has 1 fully saturated rings. The lowest BCUT2D eigenvalue weighted by Crippen LogP contribution is -2.02. The number of ether oxygens (including phenoxy) is 1. The van der Waals surface area contributed by atoms with Crippen LogP contribution in [0.4, 0.5) is 0 Å². The zero-order valence-electron chi connectivity index (χ0n) is 7.51. The lowest BCUT2D eigenvalue weighted by molar-refractivity contribution is 0.142. The van der Waals surface area contributed by atoms with Crippen LogP contribution >= 0.6 is 0 Å². The molecule has 0 aromatic heterocycles. The molecule has 1 heterocycles. The van der Waals surface area contributed by atoms with E-state index in [-0.39, 0.29) is 0 Å². The van der Waals surface area contributed by atoms with Gasteiger partial charge in [-0.1, -0.05) is 32.6 Å². The molecule has 0 bridgehead atoms. The van der Waals surface area contributed by atoms with E-state index in [0.29, 0.717) is 6.10 Å². The van der Waals surface area contributed by atoms with Crippen molar-refractivity contribution in [3.05, 3.63) is 6.61 Å². The van der Waals surface area contributed by atoms with Crippen molar-refractivity contribution in [3.8, 4) is 0 Å². The second kappa shape index (κ2) is 5.59. The van der Waals surface area contributed by atoms with Gasteiger partial charge in [-0.3, -0.25) is 0 Å². The Balaban J connectivity index is 1.86.